The normalized spacial score (nSPS) is 11.1. The van der Waals surface area contributed by atoms with E-state index in [0.717, 1.165) is 5.69 Å². The van der Waals surface area contributed by atoms with Gasteiger partial charge in [0.05, 0.1) is 5.69 Å². The van der Waals surface area contributed by atoms with E-state index in [0.29, 0.717) is 20.3 Å². The van der Waals surface area contributed by atoms with Crippen LogP contribution in [0.15, 0.2) is 59.6 Å². The van der Waals surface area contributed by atoms with E-state index >= 15 is 0 Å². The minimum Gasteiger partial charge on any atom is -0.433 e. The predicted octanol–water partition coefficient (Wildman–Crippen LogP) is 4.99. The smallest absolute Gasteiger partial charge is 0.263 e. The molecule has 2 rings (SSSR count). The zero-order valence-electron chi connectivity index (χ0n) is 12.2. The van der Waals surface area contributed by atoms with Gasteiger partial charge in [-0.15, -0.1) is 0 Å². The molecule has 0 aliphatic carbocycles. The number of para-hydroxylation sites is 1. The molecule has 0 heterocycles. The van der Waals surface area contributed by atoms with Gasteiger partial charge in [0.25, 0.3) is 5.23 Å². The maximum absolute atomic E-state index is 5.98. The van der Waals surface area contributed by atoms with Gasteiger partial charge >= 0.3 is 0 Å². The van der Waals surface area contributed by atoms with Gasteiger partial charge in [-0.3, -0.25) is 0 Å². The molecule has 0 aliphatic rings. The predicted molar refractivity (Wildman–Crippen MR) is 99.5 cm³/mol. The Morgan fingerprint density at radius 2 is 1.86 bits per heavy atom. The van der Waals surface area contributed by atoms with E-state index in [9.17, 15) is 0 Å². The van der Waals surface area contributed by atoms with Crippen LogP contribution < -0.4 is 4.74 Å². The molecule has 3 nitrogen and oxygen atoms in total. The Bertz CT molecular complexity index is 675. The summed E-state index contributed by atoms with van der Waals surface area (Å²) in [6.07, 6.45) is 0. The second kappa shape index (κ2) is 8.17. The lowest BCUT2D eigenvalue weighted by molar-refractivity contribution is 0.567. The van der Waals surface area contributed by atoms with Crippen molar-refractivity contribution in [1.82, 2.24) is 4.90 Å². The van der Waals surface area contributed by atoms with E-state index in [1.807, 2.05) is 61.5 Å². The lowest BCUT2D eigenvalue weighted by Gasteiger charge is -2.14. The zero-order valence-corrected chi connectivity index (χ0v) is 14.6. The molecule has 2 aromatic rings. The van der Waals surface area contributed by atoms with E-state index < -0.39 is 0 Å². The summed E-state index contributed by atoms with van der Waals surface area (Å²) in [6, 6.07) is 16.8. The lowest BCUT2D eigenvalue weighted by Crippen LogP contribution is -2.19. The van der Waals surface area contributed by atoms with E-state index in [1.165, 1.54) is 11.8 Å². The first kappa shape index (κ1) is 16.8. The van der Waals surface area contributed by atoms with Gasteiger partial charge < -0.3 is 9.64 Å². The van der Waals surface area contributed by atoms with E-state index in [1.54, 1.807) is 12.1 Å². The van der Waals surface area contributed by atoms with Gasteiger partial charge in [0.1, 0.15) is 10.1 Å². The van der Waals surface area contributed by atoms with Crippen molar-refractivity contribution < 1.29 is 4.74 Å². The fraction of sp³-hybridized carbons (Fsp3) is 0.125. The van der Waals surface area contributed by atoms with Crippen LogP contribution in [0.25, 0.3) is 0 Å². The number of hydrogen-bond acceptors (Lipinski definition) is 4. The lowest BCUT2D eigenvalue weighted by atomic mass is 10.3. The molecular formula is C16H15ClN2OS2. The molecule has 0 atom stereocenters. The summed E-state index contributed by atoms with van der Waals surface area (Å²) in [6.45, 7) is 0. The number of aliphatic imine (C=N–C) groups is 1. The van der Waals surface area contributed by atoms with Gasteiger partial charge in [-0.25, -0.2) is 4.99 Å². The SMILES string of the molecule is CN(C)C(=S)SC(=Nc1ccccc1)Oc1cccc(Cl)c1. The summed E-state index contributed by atoms with van der Waals surface area (Å²) in [7, 11) is 3.77. The van der Waals surface area contributed by atoms with Gasteiger partial charge in [-0.05, 0) is 42.1 Å². The van der Waals surface area contributed by atoms with Crippen LogP contribution in [-0.4, -0.2) is 28.5 Å². The molecule has 0 saturated carbocycles. The molecule has 2 aromatic carbocycles. The summed E-state index contributed by atoms with van der Waals surface area (Å²) >= 11 is 12.6. The Morgan fingerprint density at radius 1 is 1.14 bits per heavy atom. The van der Waals surface area contributed by atoms with Crippen LogP contribution in [0.1, 0.15) is 0 Å². The number of rotatable bonds is 2. The maximum Gasteiger partial charge on any atom is 0.263 e. The van der Waals surface area contributed by atoms with Gasteiger partial charge in [0.15, 0.2) is 0 Å². The van der Waals surface area contributed by atoms with Gasteiger partial charge in [0.2, 0.25) is 0 Å². The van der Waals surface area contributed by atoms with Crippen LogP contribution in [0.5, 0.6) is 5.75 Å². The quantitative estimate of drug-likeness (QED) is 0.433. The van der Waals surface area contributed by atoms with E-state index in [4.69, 9.17) is 28.6 Å². The van der Waals surface area contributed by atoms with Crippen molar-refractivity contribution in [3.8, 4) is 5.75 Å². The number of benzene rings is 2. The number of thiocarbonyl (C=S) groups is 1. The highest BCUT2D eigenvalue weighted by Crippen LogP contribution is 2.23. The molecule has 0 unspecified atom stereocenters. The zero-order chi connectivity index (χ0) is 15.9. The second-order valence-electron chi connectivity index (χ2n) is 4.54. The Kier molecular flexibility index (Phi) is 6.24. The summed E-state index contributed by atoms with van der Waals surface area (Å²) < 4.78 is 6.50. The summed E-state index contributed by atoms with van der Waals surface area (Å²) in [5.74, 6) is 0.622. The van der Waals surface area contributed by atoms with Gasteiger partial charge in [-0.1, -0.05) is 48.1 Å². The first-order valence-corrected chi connectivity index (χ1v) is 8.11. The van der Waals surface area contributed by atoms with Crippen molar-refractivity contribution >= 4 is 50.8 Å². The van der Waals surface area contributed by atoms with Crippen LogP contribution in [0, 0.1) is 0 Å². The molecule has 0 fully saturated rings. The Morgan fingerprint density at radius 3 is 2.50 bits per heavy atom. The molecule has 0 spiro atoms. The fourth-order valence-electron chi connectivity index (χ4n) is 1.47. The minimum atomic E-state index is 0.451. The van der Waals surface area contributed by atoms with Crippen molar-refractivity contribution in [1.29, 1.82) is 0 Å². The molecule has 0 N–H and O–H groups in total. The molecule has 6 heteroatoms. The Hall–Kier alpha value is -1.56. The third-order valence-electron chi connectivity index (χ3n) is 2.52. The van der Waals surface area contributed by atoms with Gasteiger partial charge in [0, 0.05) is 19.1 Å². The summed E-state index contributed by atoms with van der Waals surface area (Å²) in [5.41, 5.74) is 0.800. The van der Waals surface area contributed by atoms with Crippen molar-refractivity contribution in [3.05, 3.63) is 59.6 Å². The highest BCUT2D eigenvalue weighted by molar-refractivity contribution is 8.32. The van der Waals surface area contributed by atoms with Crippen LogP contribution in [0.4, 0.5) is 5.69 Å². The van der Waals surface area contributed by atoms with Crippen LogP contribution >= 0.6 is 35.6 Å². The molecule has 0 aromatic heterocycles. The highest BCUT2D eigenvalue weighted by Gasteiger charge is 2.10. The molecular weight excluding hydrogens is 336 g/mol. The first-order valence-electron chi connectivity index (χ1n) is 6.51. The van der Waals surface area contributed by atoms with Crippen LogP contribution in [0.2, 0.25) is 5.02 Å². The molecule has 0 saturated heterocycles. The average molecular weight is 351 g/mol. The molecule has 114 valence electrons. The fourth-order valence-corrected chi connectivity index (χ4v) is 2.49. The van der Waals surface area contributed by atoms with Crippen molar-refractivity contribution in [3.63, 3.8) is 0 Å². The standard InChI is InChI=1S/C16H15ClN2OS2/c1-19(2)16(21)22-15(18-13-8-4-3-5-9-13)20-14-10-6-7-12(17)11-14/h3-11H,1-2H3. The molecule has 22 heavy (non-hydrogen) atoms. The van der Waals surface area contributed by atoms with Crippen molar-refractivity contribution in [2.75, 3.05) is 14.1 Å². The third kappa shape index (κ3) is 5.33. The van der Waals surface area contributed by atoms with Crippen LogP contribution in [0.3, 0.4) is 0 Å². The largest absolute Gasteiger partial charge is 0.433 e. The van der Waals surface area contributed by atoms with Crippen molar-refractivity contribution in [2.45, 2.75) is 0 Å². The number of thioether (sulfide) groups is 1. The summed E-state index contributed by atoms with van der Waals surface area (Å²) in [5, 5.41) is 1.06. The minimum absolute atomic E-state index is 0.451. The number of halogens is 1. The molecule has 0 radical (unpaired) electrons. The second-order valence-corrected chi connectivity index (χ2v) is 6.56. The Balaban J connectivity index is 2.25. The number of hydrogen-bond donors (Lipinski definition) is 0. The monoisotopic (exact) mass is 350 g/mol. The summed E-state index contributed by atoms with van der Waals surface area (Å²) in [4.78, 5) is 6.34. The van der Waals surface area contributed by atoms with E-state index in [2.05, 4.69) is 4.99 Å². The Labute approximate surface area is 145 Å². The topological polar surface area (TPSA) is 24.8 Å². The third-order valence-corrected chi connectivity index (χ3v) is 4.26. The first-order chi connectivity index (χ1) is 10.5. The molecule has 0 aliphatic heterocycles. The highest BCUT2D eigenvalue weighted by atomic mass is 35.5. The molecule has 0 bridgehead atoms. The van der Waals surface area contributed by atoms with E-state index in [-0.39, 0.29) is 0 Å². The van der Waals surface area contributed by atoms with Crippen LogP contribution in [-0.2, 0) is 0 Å². The number of ether oxygens (including phenoxy) is 1. The maximum atomic E-state index is 5.98. The number of nitrogens with zero attached hydrogens (tertiary/aromatic N) is 2. The van der Waals surface area contributed by atoms with Gasteiger partial charge in [-0.2, -0.15) is 0 Å². The average Bonchev–Trinajstić information content (AvgIpc) is 2.48. The van der Waals surface area contributed by atoms with Crippen molar-refractivity contribution in [2.24, 2.45) is 4.99 Å². The molecule has 0 amide bonds.